The number of aryl methyl sites for hydroxylation is 1. The van der Waals surface area contributed by atoms with Gasteiger partial charge in [0.25, 0.3) is 0 Å². The Hall–Kier alpha value is -2.60. The molecule has 0 aliphatic rings. The highest BCUT2D eigenvalue weighted by atomic mass is 32.1. The Bertz CT molecular complexity index is 873. The third-order valence-electron chi connectivity index (χ3n) is 3.44. The minimum Gasteiger partial charge on any atom is -0.508 e. The molecule has 5 nitrogen and oxygen atoms in total. The van der Waals surface area contributed by atoms with Crippen LogP contribution in [0.4, 0.5) is 16.5 Å². The first-order valence-electron chi connectivity index (χ1n) is 7.32. The van der Waals surface area contributed by atoms with Crippen LogP contribution in [0.3, 0.4) is 0 Å². The van der Waals surface area contributed by atoms with E-state index in [2.05, 4.69) is 15.6 Å². The molecule has 3 N–H and O–H groups in total. The molecule has 0 saturated carbocycles. The number of anilines is 3. The fraction of sp³-hybridized carbons (Fsp3) is 0.176. The summed E-state index contributed by atoms with van der Waals surface area (Å²) < 4.78 is 0.997. The zero-order valence-corrected chi connectivity index (χ0v) is 13.7. The van der Waals surface area contributed by atoms with Crippen molar-refractivity contribution in [2.45, 2.75) is 20.3 Å². The largest absolute Gasteiger partial charge is 0.508 e. The number of aromatic hydroxyl groups is 1. The van der Waals surface area contributed by atoms with Crippen LogP contribution in [-0.4, -0.2) is 16.0 Å². The Balaban J connectivity index is 1.84. The summed E-state index contributed by atoms with van der Waals surface area (Å²) in [4.78, 5) is 16.0. The van der Waals surface area contributed by atoms with Crippen LogP contribution >= 0.6 is 11.3 Å². The monoisotopic (exact) mass is 327 g/mol. The number of aromatic nitrogens is 1. The van der Waals surface area contributed by atoms with E-state index in [1.165, 1.54) is 11.3 Å². The van der Waals surface area contributed by atoms with Gasteiger partial charge in [-0.1, -0.05) is 18.3 Å². The van der Waals surface area contributed by atoms with Crippen LogP contribution in [-0.2, 0) is 4.79 Å². The lowest BCUT2D eigenvalue weighted by molar-refractivity contribution is -0.115. The molecule has 1 aromatic heterocycles. The van der Waals surface area contributed by atoms with Crippen molar-refractivity contribution in [3.8, 4) is 5.75 Å². The maximum Gasteiger partial charge on any atom is 0.224 e. The van der Waals surface area contributed by atoms with Crippen molar-refractivity contribution in [2.24, 2.45) is 0 Å². The van der Waals surface area contributed by atoms with Gasteiger partial charge < -0.3 is 15.7 Å². The van der Waals surface area contributed by atoms with Crippen molar-refractivity contribution in [3.63, 3.8) is 0 Å². The Morgan fingerprint density at radius 3 is 2.74 bits per heavy atom. The lowest BCUT2D eigenvalue weighted by atomic mass is 10.2. The summed E-state index contributed by atoms with van der Waals surface area (Å²) in [7, 11) is 0. The number of nitrogens with one attached hydrogen (secondary N) is 2. The van der Waals surface area contributed by atoms with Gasteiger partial charge in [-0.15, -0.1) is 0 Å². The second-order valence-electron chi connectivity index (χ2n) is 5.23. The van der Waals surface area contributed by atoms with Gasteiger partial charge >= 0.3 is 0 Å². The molecule has 0 bridgehead atoms. The Kier molecular flexibility index (Phi) is 4.16. The van der Waals surface area contributed by atoms with Gasteiger partial charge in [0.2, 0.25) is 5.91 Å². The van der Waals surface area contributed by atoms with Crippen molar-refractivity contribution in [3.05, 3.63) is 42.0 Å². The van der Waals surface area contributed by atoms with Crippen LogP contribution in [0.25, 0.3) is 10.2 Å². The Labute approximate surface area is 138 Å². The molecule has 1 amide bonds. The van der Waals surface area contributed by atoms with Gasteiger partial charge in [0.1, 0.15) is 5.75 Å². The number of phenols is 1. The quantitative estimate of drug-likeness (QED) is 0.621. The molecule has 0 fully saturated rings. The fourth-order valence-electron chi connectivity index (χ4n) is 2.16. The van der Waals surface area contributed by atoms with Crippen LogP contribution in [0.2, 0.25) is 0 Å². The minimum atomic E-state index is -0.00761. The number of hydrogen-bond acceptors (Lipinski definition) is 5. The molecular formula is C17H17N3O2S. The topological polar surface area (TPSA) is 74.2 Å². The zero-order valence-electron chi connectivity index (χ0n) is 12.9. The number of hydrogen-bond donors (Lipinski definition) is 3. The maximum absolute atomic E-state index is 11.5. The maximum atomic E-state index is 11.5. The molecule has 118 valence electrons. The first kappa shape index (κ1) is 15.3. The van der Waals surface area contributed by atoms with Crippen LogP contribution < -0.4 is 10.6 Å². The molecule has 1 heterocycles. The van der Waals surface area contributed by atoms with Gasteiger partial charge in [-0.25, -0.2) is 4.98 Å². The van der Waals surface area contributed by atoms with Gasteiger partial charge in [-0.05, 0) is 48.9 Å². The van der Waals surface area contributed by atoms with Crippen molar-refractivity contribution in [1.82, 2.24) is 4.98 Å². The highest BCUT2D eigenvalue weighted by Crippen LogP contribution is 2.31. The van der Waals surface area contributed by atoms with E-state index in [4.69, 9.17) is 0 Å². The zero-order chi connectivity index (χ0) is 16.4. The summed E-state index contributed by atoms with van der Waals surface area (Å²) in [6.45, 7) is 3.67. The van der Waals surface area contributed by atoms with Gasteiger partial charge in [-0.3, -0.25) is 4.79 Å². The molecular weight excluding hydrogens is 310 g/mol. The summed E-state index contributed by atoms with van der Waals surface area (Å²) in [6.07, 6.45) is 0.452. The van der Waals surface area contributed by atoms with Crippen LogP contribution in [0.5, 0.6) is 5.75 Å². The predicted molar refractivity (Wildman–Crippen MR) is 94.7 cm³/mol. The average Bonchev–Trinajstić information content (AvgIpc) is 2.92. The normalized spacial score (nSPS) is 10.7. The molecule has 3 rings (SSSR count). The number of carbonyl (C=O) groups is 1. The number of benzene rings is 2. The van der Waals surface area contributed by atoms with Crippen molar-refractivity contribution >= 4 is 44.0 Å². The lowest BCUT2D eigenvalue weighted by Crippen LogP contribution is -2.08. The van der Waals surface area contributed by atoms with Crippen LogP contribution in [0.1, 0.15) is 18.9 Å². The number of thiazole rings is 1. The molecule has 0 spiro atoms. The van der Waals surface area contributed by atoms with E-state index in [-0.39, 0.29) is 11.7 Å². The van der Waals surface area contributed by atoms with Gasteiger partial charge in [0, 0.05) is 17.8 Å². The fourth-order valence-corrected chi connectivity index (χ4v) is 3.09. The highest BCUT2D eigenvalue weighted by Gasteiger charge is 2.07. The number of amides is 1. The van der Waals surface area contributed by atoms with E-state index in [0.717, 1.165) is 32.3 Å². The van der Waals surface area contributed by atoms with Gasteiger partial charge in [0.15, 0.2) is 5.13 Å². The summed E-state index contributed by atoms with van der Waals surface area (Å²) in [5.41, 5.74) is 3.34. The summed E-state index contributed by atoms with van der Waals surface area (Å²) in [5, 5.41) is 16.4. The molecule has 3 aromatic rings. The van der Waals surface area contributed by atoms with Crippen LogP contribution in [0.15, 0.2) is 36.4 Å². The molecule has 0 atom stereocenters. The first-order chi connectivity index (χ1) is 11.0. The smallest absolute Gasteiger partial charge is 0.224 e. The van der Waals surface area contributed by atoms with E-state index in [1.807, 2.05) is 38.1 Å². The van der Waals surface area contributed by atoms with Gasteiger partial charge in [-0.2, -0.15) is 0 Å². The number of phenolic OH excluding ortho intramolecular Hbond substituents is 1. The molecule has 2 aromatic carbocycles. The van der Waals surface area contributed by atoms with E-state index in [1.54, 1.807) is 12.1 Å². The predicted octanol–water partition coefficient (Wildman–Crippen LogP) is 4.40. The second-order valence-corrected chi connectivity index (χ2v) is 6.26. The average molecular weight is 327 g/mol. The third kappa shape index (κ3) is 3.43. The minimum absolute atomic E-state index is 0.00761. The number of carbonyl (C=O) groups excluding carboxylic acids is 1. The van der Waals surface area contributed by atoms with E-state index >= 15 is 0 Å². The molecule has 0 aliphatic heterocycles. The molecule has 6 heteroatoms. The van der Waals surface area contributed by atoms with E-state index in [0.29, 0.717) is 6.42 Å². The Morgan fingerprint density at radius 1 is 1.22 bits per heavy atom. The van der Waals surface area contributed by atoms with Crippen molar-refractivity contribution < 1.29 is 9.90 Å². The number of fused-ring (bicyclic) bond motifs is 1. The third-order valence-corrected chi connectivity index (χ3v) is 4.37. The van der Waals surface area contributed by atoms with Crippen molar-refractivity contribution in [1.29, 1.82) is 0 Å². The summed E-state index contributed by atoms with van der Waals surface area (Å²) in [5.74, 6) is 0.267. The second kappa shape index (κ2) is 6.26. The lowest BCUT2D eigenvalue weighted by Gasteiger charge is -2.04. The number of rotatable bonds is 4. The van der Waals surface area contributed by atoms with E-state index in [9.17, 15) is 9.90 Å². The van der Waals surface area contributed by atoms with Crippen molar-refractivity contribution in [2.75, 3.05) is 10.6 Å². The number of nitrogens with zero attached hydrogens (tertiary/aromatic N) is 1. The highest BCUT2D eigenvalue weighted by molar-refractivity contribution is 7.22. The van der Waals surface area contributed by atoms with Gasteiger partial charge in [0.05, 0.1) is 10.2 Å². The standard InChI is InChI=1S/C17H17N3O2S/c1-3-16(22)18-12-4-6-13-15(9-12)23-17(20-13)19-11-5-7-14(21)10(2)8-11/h4-9,21H,3H2,1-2H3,(H,18,22)(H,19,20). The SMILES string of the molecule is CCC(=O)Nc1ccc2nc(Nc3ccc(O)c(C)c3)sc2c1. The summed E-state index contributed by atoms with van der Waals surface area (Å²) in [6, 6.07) is 11.0. The Morgan fingerprint density at radius 2 is 2.00 bits per heavy atom. The molecule has 23 heavy (non-hydrogen) atoms. The van der Waals surface area contributed by atoms with Crippen LogP contribution in [0, 0.1) is 6.92 Å². The molecule has 0 aliphatic carbocycles. The first-order valence-corrected chi connectivity index (χ1v) is 8.14. The molecule has 0 radical (unpaired) electrons. The molecule has 0 saturated heterocycles. The molecule has 0 unspecified atom stereocenters. The summed E-state index contributed by atoms with van der Waals surface area (Å²) >= 11 is 1.51. The van der Waals surface area contributed by atoms with E-state index < -0.39 is 0 Å².